The summed E-state index contributed by atoms with van der Waals surface area (Å²) < 4.78 is 0. The normalized spacial score (nSPS) is 32.1. The number of amides is 1. The van der Waals surface area contributed by atoms with Gasteiger partial charge < -0.3 is 11.1 Å². The van der Waals surface area contributed by atoms with Crippen LogP contribution in [0.5, 0.6) is 0 Å². The first kappa shape index (κ1) is 11.9. The average molecular weight is 224 g/mol. The minimum atomic E-state index is -0.179. The molecule has 0 spiro atoms. The molecule has 3 N–H and O–H groups in total. The van der Waals surface area contributed by atoms with Crippen molar-refractivity contribution < 1.29 is 4.79 Å². The van der Waals surface area contributed by atoms with Gasteiger partial charge in [0.15, 0.2) is 0 Å². The van der Waals surface area contributed by atoms with Crippen LogP contribution in [-0.2, 0) is 4.79 Å². The van der Waals surface area contributed by atoms with E-state index in [4.69, 9.17) is 5.73 Å². The summed E-state index contributed by atoms with van der Waals surface area (Å²) in [4.78, 5) is 11.9. The fraction of sp³-hybridized carbons (Fsp3) is 0.923. The van der Waals surface area contributed by atoms with Crippen molar-refractivity contribution >= 4 is 5.91 Å². The van der Waals surface area contributed by atoms with Crippen molar-refractivity contribution in [2.24, 2.45) is 23.0 Å². The first-order chi connectivity index (χ1) is 7.66. The van der Waals surface area contributed by atoms with Crippen LogP contribution in [0.15, 0.2) is 0 Å². The van der Waals surface area contributed by atoms with Crippen LogP contribution < -0.4 is 11.1 Å². The Morgan fingerprint density at radius 3 is 2.44 bits per heavy atom. The van der Waals surface area contributed by atoms with E-state index in [1.807, 2.05) is 0 Å². The number of hydrogen-bond acceptors (Lipinski definition) is 2. The molecule has 2 aliphatic carbocycles. The summed E-state index contributed by atoms with van der Waals surface area (Å²) in [6.45, 7) is 3.70. The van der Waals surface area contributed by atoms with Gasteiger partial charge in [-0.3, -0.25) is 4.79 Å². The van der Waals surface area contributed by atoms with E-state index < -0.39 is 0 Å². The van der Waals surface area contributed by atoms with E-state index in [0.717, 1.165) is 25.3 Å². The van der Waals surface area contributed by atoms with Gasteiger partial charge in [0, 0.05) is 13.1 Å². The zero-order valence-electron chi connectivity index (χ0n) is 10.3. The zero-order valence-corrected chi connectivity index (χ0v) is 10.3. The van der Waals surface area contributed by atoms with E-state index in [1.165, 1.54) is 25.7 Å². The molecule has 1 amide bonds. The van der Waals surface area contributed by atoms with E-state index in [2.05, 4.69) is 12.2 Å². The molecule has 3 heteroatoms. The maximum atomic E-state index is 11.9. The van der Waals surface area contributed by atoms with Gasteiger partial charge in [-0.05, 0) is 37.5 Å². The third kappa shape index (κ3) is 2.57. The second-order valence-electron chi connectivity index (χ2n) is 5.82. The lowest BCUT2D eigenvalue weighted by atomic mass is 9.83. The lowest BCUT2D eigenvalue weighted by molar-refractivity contribution is -0.126. The van der Waals surface area contributed by atoms with Crippen LogP contribution in [0.2, 0.25) is 0 Å². The summed E-state index contributed by atoms with van der Waals surface area (Å²) in [6.07, 6.45) is 7.16. The molecule has 0 radical (unpaired) electrons. The van der Waals surface area contributed by atoms with Crippen LogP contribution in [0.3, 0.4) is 0 Å². The van der Waals surface area contributed by atoms with Crippen LogP contribution in [0, 0.1) is 17.3 Å². The Labute approximate surface area is 98.2 Å². The van der Waals surface area contributed by atoms with Crippen LogP contribution in [0.25, 0.3) is 0 Å². The Morgan fingerprint density at radius 2 is 1.94 bits per heavy atom. The highest BCUT2D eigenvalue weighted by atomic mass is 16.2. The maximum Gasteiger partial charge on any atom is 0.227 e. The fourth-order valence-electron chi connectivity index (χ4n) is 2.63. The Morgan fingerprint density at radius 1 is 1.31 bits per heavy atom. The molecule has 0 heterocycles. The van der Waals surface area contributed by atoms with Crippen LogP contribution in [-0.4, -0.2) is 19.0 Å². The molecule has 16 heavy (non-hydrogen) atoms. The minimum Gasteiger partial charge on any atom is -0.355 e. The Kier molecular flexibility index (Phi) is 3.53. The van der Waals surface area contributed by atoms with Gasteiger partial charge in [0.2, 0.25) is 5.91 Å². The van der Waals surface area contributed by atoms with Crippen LogP contribution >= 0.6 is 0 Å². The van der Waals surface area contributed by atoms with E-state index >= 15 is 0 Å². The Balaban J connectivity index is 1.69. The number of carbonyl (C=O) groups is 1. The molecule has 0 aromatic rings. The molecule has 0 aromatic heterocycles. The van der Waals surface area contributed by atoms with Gasteiger partial charge in [0.25, 0.3) is 0 Å². The summed E-state index contributed by atoms with van der Waals surface area (Å²) in [6, 6.07) is 0. The van der Waals surface area contributed by atoms with Crippen molar-refractivity contribution in [3.05, 3.63) is 0 Å². The Hall–Kier alpha value is -0.570. The van der Waals surface area contributed by atoms with Crippen molar-refractivity contribution in [1.82, 2.24) is 5.32 Å². The highest BCUT2D eigenvalue weighted by Gasteiger charge is 2.48. The van der Waals surface area contributed by atoms with Gasteiger partial charge in [0.05, 0.1) is 5.41 Å². The largest absolute Gasteiger partial charge is 0.355 e. The fourth-order valence-corrected chi connectivity index (χ4v) is 2.63. The number of carbonyl (C=O) groups excluding carboxylic acids is 1. The molecule has 3 nitrogen and oxygen atoms in total. The first-order valence-electron chi connectivity index (χ1n) is 6.65. The van der Waals surface area contributed by atoms with Gasteiger partial charge >= 0.3 is 0 Å². The third-order valence-corrected chi connectivity index (χ3v) is 4.41. The summed E-state index contributed by atoms with van der Waals surface area (Å²) in [7, 11) is 0. The predicted octanol–water partition coefficient (Wildman–Crippen LogP) is 1.67. The van der Waals surface area contributed by atoms with Crippen molar-refractivity contribution in [3.8, 4) is 0 Å². The van der Waals surface area contributed by atoms with Crippen LogP contribution in [0.4, 0.5) is 0 Å². The highest BCUT2D eigenvalue weighted by molar-refractivity contribution is 5.85. The van der Waals surface area contributed by atoms with E-state index in [-0.39, 0.29) is 11.3 Å². The van der Waals surface area contributed by atoms with Crippen LogP contribution in [0.1, 0.15) is 45.4 Å². The number of nitrogens with two attached hydrogens (primary N) is 1. The van der Waals surface area contributed by atoms with Crippen molar-refractivity contribution in [2.45, 2.75) is 45.4 Å². The molecular formula is C13H24N2O. The van der Waals surface area contributed by atoms with E-state index in [0.29, 0.717) is 12.5 Å². The van der Waals surface area contributed by atoms with Gasteiger partial charge in [-0.15, -0.1) is 0 Å². The minimum absolute atomic E-state index is 0.179. The molecular weight excluding hydrogens is 200 g/mol. The summed E-state index contributed by atoms with van der Waals surface area (Å²) >= 11 is 0. The predicted molar refractivity (Wildman–Crippen MR) is 64.9 cm³/mol. The van der Waals surface area contributed by atoms with Crippen molar-refractivity contribution in [1.29, 1.82) is 0 Å². The number of hydrogen-bond donors (Lipinski definition) is 2. The summed E-state index contributed by atoms with van der Waals surface area (Å²) in [5.74, 6) is 1.79. The average Bonchev–Trinajstić information content (AvgIpc) is 3.09. The quantitative estimate of drug-likeness (QED) is 0.763. The standard InChI is InChI=1S/C13H24N2O/c1-10-2-4-11(5-3-10)8-15-12(16)13(9-14)6-7-13/h10-11H,2-9,14H2,1H3,(H,15,16). The molecule has 2 aliphatic rings. The molecule has 0 aromatic carbocycles. The summed E-state index contributed by atoms with van der Waals surface area (Å²) in [5.41, 5.74) is 5.46. The molecule has 0 aliphatic heterocycles. The zero-order chi connectivity index (χ0) is 11.6. The van der Waals surface area contributed by atoms with Gasteiger partial charge in [-0.25, -0.2) is 0 Å². The molecule has 2 saturated carbocycles. The van der Waals surface area contributed by atoms with Crippen molar-refractivity contribution in [3.63, 3.8) is 0 Å². The molecule has 0 unspecified atom stereocenters. The monoisotopic (exact) mass is 224 g/mol. The lowest BCUT2D eigenvalue weighted by Crippen LogP contribution is -2.39. The molecule has 2 fully saturated rings. The molecule has 2 rings (SSSR count). The molecule has 92 valence electrons. The third-order valence-electron chi connectivity index (χ3n) is 4.41. The first-order valence-corrected chi connectivity index (χ1v) is 6.65. The smallest absolute Gasteiger partial charge is 0.227 e. The number of nitrogens with one attached hydrogen (secondary N) is 1. The Bertz CT molecular complexity index is 253. The van der Waals surface area contributed by atoms with E-state index in [1.54, 1.807) is 0 Å². The molecule has 0 bridgehead atoms. The van der Waals surface area contributed by atoms with Gasteiger partial charge in [0.1, 0.15) is 0 Å². The topological polar surface area (TPSA) is 55.1 Å². The SMILES string of the molecule is CC1CCC(CNC(=O)C2(CN)CC2)CC1. The van der Waals surface area contributed by atoms with Gasteiger partial charge in [-0.2, -0.15) is 0 Å². The summed E-state index contributed by atoms with van der Waals surface area (Å²) in [5, 5.41) is 3.10. The van der Waals surface area contributed by atoms with Gasteiger partial charge in [-0.1, -0.05) is 19.8 Å². The van der Waals surface area contributed by atoms with E-state index in [9.17, 15) is 4.79 Å². The molecule has 0 saturated heterocycles. The second-order valence-corrected chi connectivity index (χ2v) is 5.82. The number of rotatable bonds is 4. The maximum absolute atomic E-state index is 11.9. The van der Waals surface area contributed by atoms with Crippen molar-refractivity contribution in [2.75, 3.05) is 13.1 Å². The second kappa shape index (κ2) is 4.74. The highest BCUT2D eigenvalue weighted by Crippen LogP contribution is 2.44. The lowest BCUT2D eigenvalue weighted by Gasteiger charge is -2.26. The molecule has 0 atom stereocenters.